The molecule has 3 aromatic carbocycles. The van der Waals surface area contributed by atoms with Crippen molar-refractivity contribution in [2.24, 2.45) is 0 Å². The van der Waals surface area contributed by atoms with Crippen molar-refractivity contribution in [2.45, 2.75) is 44.1 Å². The third kappa shape index (κ3) is 5.41. The van der Waals surface area contributed by atoms with E-state index in [1.807, 2.05) is 23.1 Å². The largest absolute Gasteiger partial charge is 0.478 e. The molecule has 0 radical (unpaired) electrons. The van der Waals surface area contributed by atoms with Gasteiger partial charge in [0, 0.05) is 36.3 Å². The van der Waals surface area contributed by atoms with Crippen molar-refractivity contribution in [1.82, 2.24) is 9.47 Å². The lowest BCUT2D eigenvalue weighted by Crippen LogP contribution is -2.46. The Labute approximate surface area is 258 Å². The number of amides is 1. The Morgan fingerprint density at radius 3 is 2.35 bits per heavy atom. The maximum atomic E-state index is 13.6. The van der Waals surface area contributed by atoms with Gasteiger partial charge >= 0.3 is 5.97 Å². The average Bonchev–Trinajstić information content (AvgIpc) is 3.31. The fourth-order valence-corrected chi connectivity index (χ4v) is 7.37. The van der Waals surface area contributed by atoms with Crippen LogP contribution in [-0.2, 0) is 9.53 Å². The quantitative estimate of drug-likeness (QED) is 0.275. The summed E-state index contributed by atoms with van der Waals surface area (Å²) in [6.45, 7) is 3.25. The Hall–Kier alpha value is -3.81. The van der Waals surface area contributed by atoms with E-state index >= 15 is 0 Å². The summed E-state index contributed by atoms with van der Waals surface area (Å²) in [6, 6.07) is 24.5. The summed E-state index contributed by atoms with van der Waals surface area (Å²) in [5.41, 5.74) is 7.05. The van der Waals surface area contributed by atoms with Crippen molar-refractivity contribution in [1.29, 1.82) is 0 Å². The lowest BCUT2D eigenvalue weighted by molar-refractivity contribution is -0.133. The second-order valence-electron chi connectivity index (χ2n) is 11.8. The van der Waals surface area contributed by atoms with Crippen LogP contribution in [0.1, 0.15) is 65.5 Å². The molecule has 1 aromatic heterocycles. The molecule has 1 unspecified atom stereocenters. The molecule has 0 bridgehead atoms. The molecule has 1 aliphatic carbocycles. The Kier molecular flexibility index (Phi) is 8.46. The Bertz CT molecular complexity index is 1620. The molecule has 7 nitrogen and oxygen atoms in total. The fourth-order valence-electron chi connectivity index (χ4n) is 7.37. The monoisotopic (exact) mass is 599 g/mol. The number of carbonyl (C=O) groups is 2. The number of fused-ring (bicyclic) bond motifs is 5. The van der Waals surface area contributed by atoms with Gasteiger partial charge in [0.15, 0.2) is 0 Å². The van der Waals surface area contributed by atoms with E-state index in [9.17, 15) is 14.7 Å². The maximum absolute atomic E-state index is 13.6. The zero-order chi connectivity index (χ0) is 28.6. The molecule has 1 saturated carbocycles. The van der Waals surface area contributed by atoms with Crippen LogP contribution in [0.4, 0.5) is 5.69 Å². The van der Waals surface area contributed by atoms with E-state index in [-0.39, 0.29) is 30.9 Å². The number of halogens is 1. The van der Waals surface area contributed by atoms with E-state index in [1.54, 1.807) is 6.07 Å². The highest BCUT2D eigenvalue weighted by Gasteiger charge is 2.35. The first-order valence-corrected chi connectivity index (χ1v) is 15.3. The SMILES string of the molecule is Cl.O=C(O)c1ccc2c(C3CCCCC3)c3n(c2c1)C(c1ccccc1)CN(CC(=O)N1CCOCC1)c1ccccc1-3. The van der Waals surface area contributed by atoms with Gasteiger partial charge in [0.1, 0.15) is 0 Å². The molecule has 4 aromatic rings. The third-order valence-electron chi connectivity index (χ3n) is 9.38. The minimum atomic E-state index is -0.922. The average molecular weight is 600 g/mol. The number of carboxylic acid groups (broad SMARTS) is 1. The number of benzene rings is 3. The minimum Gasteiger partial charge on any atom is -0.478 e. The molecule has 1 N–H and O–H groups in total. The van der Waals surface area contributed by atoms with E-state index in [4.69, 9.17) is 4.74 Å². The first-order valence-electron chi connectivity index (χ1n) is 15.3. The van der Waals surface area contributed by atoms with Gasteiger partial charge in [-0.25, -0.2) is 4.79 Å². The van der Waals surface area contributed by atoms with E-state index in [1.165, 1.54) is 30.5 Å². The van der Waals surface area contributed by atoms with Gasteiger partial charge < -0.3 is 24.2 Å². The Balaban J connectivity index is 0.00000329. The number of aromatic nitrogens is 1. The summed E-state index contributed by atoms with van der Waals surface area (Å²) in [5, 5.41) is 11.1. The first-order chi connectivity index (χ1) is 20.6. The van der Waals surface area contributed by atoms with Crippen molar-refractivity contribution in [3.63, 3.8) is 0 Å². The van der Waals surface area contributed by atoms with Crippen LogP contribution in [0.5, 0.6) is 0 Å². The third-order valence-corrected chi connectivity index (χ3v) is 9.38. The van der Waals surface area contributed by atoms with Crippen LogP contribution >= 0.6 is 12.4 Å². The predicted octanol–water partition coefficient (Wildman–Crippen LogP) is 6.74. The number of carbonyl (C=O) groups excluding carboxylic acids is 1. The summed E-state index contributed by atoms with van der Waals surface area (Å²) in [7, 11) is 0. The zero-order valence-corrected chi connectivity index (χ0v) is 25.1. The molecule has 3 aliphatic rings. The molecule has 1 atom stereocenters. The summed E-state index contributed by atoms with van der Waals surface area (Å²) >= 11 is 0. The highest BCUT2D eigenvalue weighted by Crippen LogP contribution is 2.50. The normalized spacial score (nSPS) is 18.8. The van der Waals surface area contributed by atoms with Crippen LogP contribution < -0.4 is 4.90 Å². The molecule has 224 valence electrons. The number of morpholine rings is 1. The number of nitrogens with zero attached hydrogens (tertiary/aromatic N) is 3. The zero-order valence-electron chi connectivity index (χ0n) is 24.3. The molecule has 1 amide bonds. The standard InChI is InChI=1S/C35H37N3O4.ClH/c39-32(36-17-19-42-20-18-36)23-37-22-31(24-9-3-1-4-10-24)38-30-21-26(35(40)41)15-16-27(30)33(25-11-5-2-6-12-25)34(38)28-13-7-8-14-29(28)37;/h1,3-4,7-10,13-16,21,25,31H,2,5-6,11-12,17-20,22-23H2,(H,40,41);1H. The van der Waals surface area contributed by atoms with Gasteiger partial charge in [0.05, 0.1) is 42.6 Å². The highest BCUT2D eigenvalue weighted by atomic mass is 35.5. The van der Waals surface area contributed by atoms with Gasteiger partial charge in [-0.05, 0) is 48.1 Å². The maximum Gasteiger partial charge on any atom is 0.335 e. The molecule has 1 saturated heterocycles. The van der Waals surface area contributed by atoms with Gasteiger partial charge in [0.25, 0.3) is 0 Å². The second-order valence-corrected chi connectivity index (χ2v) is 11.8. The molecule has 2 aliphatic heterocycles. The second kappa shape index (κ2) is 12.4. The lowest BCUT2D eigenvalue weighted by atomic mass is 9.81. The van der Waals surface area contributed by atoms with Crippen LogP contribution in [0.2, 0.25) is 0 Å². The summed E-state index contributed by atoms with van der Waals surface area (Å²) in [4.78, 5) is 30.0. The van der Waals surface area contributed by atoms with Crippen molar-refractivity contribution in [3.8, 4) is 11.3 Å². The number of rotatable bonds is 5. The molecule has 2 fully saturated rings. The summed E-state index contributed by atoms with van der Waals surface area (Å²) < 4.78 is 7.91. The van der Waals surface area contributed by atoms with E-state index in [2.05, 4.69) is 58.0 Å². The number of carboxylic acids is 1. The lowest BCUT2D eigenvalue weighted by Gasteiger charge is -2.32. The van der Waals surface area contributed by atoms with Gasteiger partial charge in [-0.3, -0.25) is 4.79 Å². The number of anilines is 1. The summed E-state index contributed by atoms with van der Waals surface area (Å²) in [6.07, 6.45) is 5.92. The number of aromatic carboxylic acids is 1. The summed E-state index contributed by atoms with van der Waals surface area (Å²) in [5.74, 6) is -0.411. The van der Waals surface area contributed by atoms with Crippen molar-refractivity contribution in [3.05, 3.63) is 89.5 Å². The van der Waals surface area contributed by atoms with E-state index < -0.39 is 5.97 Å². The van der Waals surface area contributed by atoms with Crippen molar-refractivity contribution >= 4 is 40.9 Å². The number of hydrogen-bond donors (Lipinski definition) is 1. The van der Waals surface area contributed by atoms with Gasteiger partial charge in [-0.1, -0.05) is 73.9 Å². The van der Waals surface area contributed by atoms with Crippen LogP contribution in [-0.4, -0.2) is 65.8 Å². The van der Waals surface area contributed by atoms with Crippen LogP contribution in [0.25, 0.3) is 22.2 Å². The number of ether oxygens (including phenoxy) is 1. The van der Waals surface area contributed by atoms with E-state index in [0.29, 0.717) is 44.3 Å². The van der Waals surface area contributed by atoms with Gasteiger partial charge in [-0.2, -0.15) is 0 Å². The smallest absolute Gasteiger partial charge is 0.335 e. The molecular formula is C35H38ClN3O4. The molecule has 8 heteroatoms. The van der Waals surface area contributed by atoms with Crippen LogP contribution in [0, 0.1) is 0 Å². The van der Waals surface area contributed by atoms with E-state index in [0.717, 1.165) is 40.6 Å². The first kappa shape index (κ1) is 29.3. The number of hydrogen-bond acceptors (Lipinski definition) is 4. The van der Waals surface area contributed by atoms with Gasteiger partial charge in [-0.15, -0.1) is 12.4 Å². The van der Waals surface area contributed by atoms with Crippen LogP contribution in [0.3, 0.4) is 0 Å². The molecule has 3 heterocycles. The Morgan fingerprint density at radius 2 is 1.60 bits per heavy atom. The topological polar surface area (TPSA) is 75.0 Å². The fraction of sp³-hybridized carbons (Fsp3) is 0.371. The molecular weight excluding hydrogens is 562 g/mol. The van der Waals surface area contributed by atoms with Gasteiger partial charge in [0.2, 0.25) is 5.91 Å². The Morgan fingerprint density at radius 1 is 0.884 bits per heavy atom. The minimum absolute atomic E-state index is 0. The van der Waals surface area contributed by atoms with Crippen LogP contribution in [0.15, 0.2) is 72.8 Å². The molecule has 7 rings (SSSR count). The molecule has 43 heavy (non-hydrogen) atoms. The predicted molar refractivity (Wildman–Crippen MR) is 172 cm³/mol. The molecule has 0 spiro atoms. The number of para-hydroxylation sites is 1. The van der Waals surface area contributed by atoms with Crippen molar-refractivity contribution in [2.75, 3.05) is 44.3 Å². The van der Waals surface area contributed by atoms with Crippen molar-refractivity contribution < 1.29 is 19.4 Å². The highest BCUT2D eigenvalue weighted by molar-refractivity contribution is 6.00.